The van der Waals surface area contributed by atoms with Crippen LogP contribution in [-0.2, 0) is 6.42 Å². The summed E-state index contributed by atoms with van der Waals surface area (Å²) in [6.45, 7) is 7.50. The monoisotopic (exact) mass is 252 g/mol. The van der Waals surface area contributed by atoms with Gasteiger partial charge in [-0.05, 0) is 42.5 Å². The standard InChI is InChI=1S/C14H21ClN2/c1-10-8-17(9-11(10)2)14-4-3-12(5-6-16)7-13(14)15/h3-4,7,10-11H,5-6,8-9,16H2,1-2H3. The van der Waals surface area contributed by atoms with Gasteiger partial charge in [0.15, 0.2) is 0 Å². The summed E-state index contributed by atoms with van der Waals surface area (Å²) in [6.07, 6.45) is 0.896. The average molecular weight is 253 g/mol. The topological polar surface area (TPSA) is 29.3 Å². The van der Waals surface area contributed by atoms with Gasteiger partial charge in [-0.25, -0.2) is 0 Å². The van der Waals surface area contributed by atoms with Crippen LogP contribution in [0, 0.1) is 11.8 Å². The van der Waals surface area contributed by atoms with E-state index in [2.05, 4.69) is 36.9 Å². The molecule has 1 aromatic rings. The molecule has 17 heavy (non-hydrogen) atoms. The van der Waals surface area contributed by atoms with Crippen molar-refractivity contribution >= 4 is 17.3 Å². The van der Waals surface area contributed by atoms with Crippen molar-refractivity contribution in [1.29, 1.82) is 0 Å². The summed E-state index contributed by atoms with van der Waals surface area (Å²) in [5.41, 5.74) is 7.95. The van der Waals surface area contributed by atoms with Crippen LogP contribution in [-0.4, -0.2) is 19.6 Å². The Hall–Kier alpha value is -0.730. The van der Waals surface area contributed by atoms with E-state index in [1.807, 2.05) is 0 Å². The van der Waals surface area contributed by atoms with Gasteiger partial charge in [0.25, 0.3) is 0 Å². The number of halogens is 1. The van der Waals surface area contributed by atoms with Gasteiger partial charge in [-0.15, -0.1) is 0 Å². The average Bonchev–Trinajstić information content (AvgIpc) is 2.59. The lowest BCUT2D eigenvalue weighted by Crippen LogP contribution is -2.20. The van der Waals surface area contributed by atoms with E-state index in [0.29, 0.717) is 6.54 Å². The number of anilines is 1. The Morgan fingerprint density at radius 1 is 1.29 bits per heavy atom. The first-order chi connectivity index (χ1) is 8.11. The maximum atomic E-state index is 6.36. The predicted octanol–water partition coefficient (Wildman–Crippen LogP) is 2.93. The molecule has 0 aromatic heterocycles. The summed E-state index contributed by atoms with van der Waals surface area (Å²) >= 11 is 6.36. The fourth-order valence-electron chi connectivity index (χ4n) is 2.46. The lowest BCUT2D eigenvalue weighted by molar-refractivity contribution is 0.494. The molecule has 0 aliphatic carbocycles. The lowest BCUT2D eigenvalue weighted by atomic mass is 10.0. The van der Waals surface area contributed by atoms with Crippen molar-refractivity contribution in [2.75, 3.05) is 24.5 Å². The summed E-state index contributed by atoms with van der Waals surface area (Å²) in [4.78, 5) is 2.39. The fraction of sp³-hybridized carbons (Fsp3) is 0.571. The summed E-state index contributed by atoms with van der Waals surface area (Å²) in [6, 6.07) is 6.33. The minimum absolute atomic E-state index is 0.674. The zero-order valence-corrected chi connectivity index (χ0v) is 11.4. The van der Waals surface area contributed by atoms with Crippen LogP contribution >= 0.6 is 11.6 Å². The van der Waals surface area contributed by atoms with Crippen molar-refractivity contribution < 1.29 is 0 Å². The Kier molecular flexibility index (Phi) is 3.95. The van der Waals surface area contributed by atoms with Crippen LogP contribution in [0.3, 0.4) is 0 Å². The molecule has 2 rings (SSSR count). The molecule has 0 saturated carbocycles. The van der Waals surface area contributed by atoms with Crippen molar-refractivity contribution in [2.24, 2.45) is 17.6 Å². The third kappa shape index (κ3) is 2.75. The van der Waals surface area contributed by atoms with Gasteiger partial charge in [0.05, 0.1) is 10.7 Å². The lowest BCUT2D eigenvalue weighted by Gasteiger charge is -2.20. The fourth-order valence-corrected chi connectivity index (χ4v) is 2.78. The highest BCUT2D eigenvalue weighted by atomic mass is 35.5. The Bertz CT molecular complexity index is 382. The second kappa shape index (κ2) is 5.28. The first kappa shape index (κ1) is 12.7. The number of benzene rings is 1. The van der Waals surface area contributed by atoms with Crippen LogP contribution in [0.15, 0.2) is 18.2 Å². The summed E-state index contributed by atoms with van der Waals surface area (Å²) in [7, 11) is 0. The Morgan fingerprint density at radius 3 is 2.47 bits per heavy atom. The van der Waals surface area contributed by atoms with Gasteiger partial charge in [0.1, 0.15) is 0 Å². The molecule has 1 heterocycles. The zero-order valence-electron chi connectivity index (χ0n) is 10.6. The predicted molar refractivity (Wildman–Crippen MR) is 74.8 cm³/mol. The summed E-state index contributed by atoms with van der Waals surface area (Å²) in [5.74, 6) is 1.49. The molecule has 0 radical (unpaired) electrons. The molecule has 94 valence electrons. The van der Waals surface area contributed by atoms with Crippen molar-refractivity contribution in [3.63, 3.8) is 0 Å². The third-order valence-electron chi connectivity index (χ3n) is 3.77. The summed E-state index contributed by atoms with van der Waals surface area (Å²) < 4.78 is 0. The molecule has 2 nitrogen and oxygen atoms in total. The van der Waals surface area contributed by atoms with Crippen LogP contribution in [0.4, 0.5) is 5.69 Å². The number of rotatable bonds is 3. The Labute approximate surface area is 109 Å². The molecule has 2 N–H and O–H groups in total. The highest BCUT2D eigenvalue weighted by Crippen LogP contribution is 2.33. The molecule has 1 aliphatic rings. The number of nitrogens with two attached hydrogens (primary N) is 1. The van der Waals surface area contributed by atoms with E-state index in [1.54, 1.807) is 0 Å². The van der Waals surface area contributed by atoms with E-state index >= 15 is 0 Å². The maximum Gasteiger partial charge on any atom is 0.0642 e. The number of hydrogen-bond acceptors (Lipinski definition) is 2. The molecule has 0 amide bonds. The zero-order chi connectivity index (χ0) is 12.4. The molecule has 1 aromatic carbocycles. The second-order valence-electron chi connectivity index (χ2n) is 5.18. The molecule has 0 spiro atoms. The Balaban J connectivity index is 2.17. The third-order valence-corrected chi connectivity index (χ3v) is 4.08. The van der Waals surface area contributed by atoms with Crippen LogP contribution in [0.1, 0.15) is 19.4 Å². The maximum absolute atomic E-state index is 6.36. The molecule has 2 atom stereocenters. The van der Waals surface area contributed by atoms with Gasteiger partial charge in [-0.3, -0.25) is 0 Å². The van der Waals surface area contributed by atoms with Crippen LogP contribution in [0.5, 0.6) is 0 Å². The smallest absolute Gasteiger partial charge is 0.0642 e. The highest BCUT2D eigenvalue weighted by Gasteiger charge is 2.27. The SMILES string of the molecule is CC1CN(c2ccc(CCN)cc2Cl)CC1C. The molecular weight excluding hydrogens is 232 g/mol. The summed E-state index contributed by atoms with van der Waals surface area (Å²) in [5, 5.41) is 0.859. The molecular formula is C14H21ClN2. The first-order valence-corrected chi connectivity index (χ1v) is 6.73. The van der Waals surface area contributed by atoms with E-state index in [4.69, 9.17) is 17.3 Å². The molecule has 3 heteroatoms. The largest absolute Gasteiger partial charge is 0.370 e. The number of hydrogen-bond donors (Lipinski definition) is 1. The molecule has 0 bridgehead atoms. The molecule has 1 aliphatic heterocycles. The van der Waals surface area contributed by atoms with Gasteiger partial charge in [0, 0.05) is 13.1 Å². The molecule has 1 saturated heterocycles. The van der Waals surface area contributed by atoms with E-state index in [0.717, 1.165) is 36.4 Å². The van der Waals surface area contributed by atoms with E-state index in [1.165, 1.54) is 11.3 Å². The van der Waals surface area contributed by atoms with Crippen LogP contribution in [0.2, 0.25) is 5.02 Å². The van der Waals surface area contributed by atoms with Crippen molar-refractivity contribution in [1.82, 2.24) is 0 Å². The van der Waals surface area contributed by atoms with Gasteiger partial charge in [-0.2, -0.15) is 0 Å². The Morgan fingerprint density at radius 2 is 1.94 bits per heavy atom. The van der Waals surface area contributed by atoms with Crippen LogP contribution < -0.4 is 10.6 Å². The van der Waals surface area contributed by atoms with Crippen LogP contribution in [0.25, 0.3) is 0 Å². The second-order valence-corrected chi connectivity index (χ2v) is 5.59. The van der Waals surface area contributed by atoms with Gasteiger partial charge < -0.3 is 10.6 Å². The van der Waals surface area contributed by atoms with Crippen molar-refractivity contribution in [3.05, 3.63) is 28.8 Å². The van der Waals surface area contributed by atoms with E-state index < -0.39 is 0 Å². The normalized spacial score (nSPS) is 24.4. The molecule has 2 unspecified atom stereocenters. The van der Waals surface area contributed by atoms with Gasteiger partial charge in [0.2, 0.25) is 0 Å². The first-order valence-electron chi connectivity index (χ1n) is 6.35. The highest BCUT2D eigenvalue weighted by molar-refractivity contribution is 6.33. The quantitative estimate of drug-likeness (QED) is 0.896. The molecule has 1 fully saturated rings. The van der Waals surface area contributed by atoms with Crippen molar-refractivity contribution in [3.8, 4) is 0 Å². The minimum atomic E-state index is 0.674. The minimum Gasteiger partial charge on any atom is -0.370 e. The number of nitrogens with zero attached hydrogens (tertiary/aromatic N) is 1. The van der Waals surface area contributed by atoms with E-state index in [9.17, 15) is 0 Å². The van der Waals surface area contributed by atoms with Gasteiger partial charge in [-0.1, -0.05) is 31.5 Å². The van der Waals surface area contributed by atoms with Gasteiger partial charge >= 0.3 is 0 Å². The van der Waals surface area contributed by atoms with E-state index in [-0.39, 0.29) is 0 Å². The van der Waals surface area contributed by atoms with Crippen molar-refractivity contribution in [2.45, 2.75) is 20.3 Å².